The third-order valence-electron chi connectivity index (χ3n) is 2.79. The third kappa shape index (κ3) is 1.44. The van der Waals surface area contributed by atoms with Crippen LogP contribution in [0, 0.1) is 5.92 Å². The fourth-order valence-electron chi connectivity index (χ4n) is 2.03. The van der Waals surface area contributed by atoms with Gasteiger partial charge in [-0.1, -0.05) is 17.7 Å². The molecule has 1 aliphatic carbocycles. The molecule has 0 saturated carbocycles. The van der Waals surface area contributed by atoms with E-state index in [1.54, 1.807) is 0 Å². The van der Waals surface area contributed by atoms with Crippen LogP contribution in [-0.4, -0.2) is 24.8 Å². The molecule has 0 aromatic heterocycles. The Morgan fingerprint density at radius 2 is 2.36 bits per heavy atom. The van der Waals surface area contributed by atoms with Crippen LogP contribution in [-0.2, 0) is 14.3 Å². The highest BCUT2D eigenvalue weighted by Crippen LogP contribution is 2.34. The Morgan fingerprint density at radius 3 is 3.07 bits per heavy atom. The van der Waals surface area contributed by atoms with E-state index < -0.39 is 11.9 Å². The van der Waals surface area contributed by atoms with Gasteiger partial charge in [0.1, 0.15) is 6.10 Å². The fourth-order valence-corrected chi connectivity index (χ4v) is 2.03. The van der Waals surface area contributed by atoms with Gasteiger partial charge in [0.15, 0.2) is 6.29 Å². The topological polar surface area (TPSA) is 43.4 Å². The number of aldehydes is 1. The number of ketones is 1. The average Bonchev–Trinajstić information content (AvgIpc) is 2.59. The second-order valence-electron chi connectivity index (χ2n) is 3.82. The van der Waals surface area contributed by atoms with Crippen LogP contribution in [0.2, 0.25) is 0 Å². The summed E-state index contributed by atoms with van der Waals surface area (Å²) in [7, 11) is 0. The Morgan fingerprint density at radius 1 is 1.57 bits per heavy atom. The van der Waals surface area contributed by atoms with Crippen LogP contribution in [0.4, 0.5) is 0 Å². The van der Waals surface area contributed by atoms with Crippen LogP contribution in [0.25, 0.3) is 0 Å². The first-order valence-electron chi connectivity index (χ1n) is 4.69. The van der Waals surface area contributed by atoms with Crippen molar-refractivity contribution in [1.82, 2.24) is 0 Å². The lowest BCUT2D eigenvalue weighted by Gasteiger charge is -2.19. The summed E-state index contributed by atoms with van der Waals surface area (Å²) >= 11 is 0. The van der Waals surface area contributed by atoms with E-state index in [4.69, 9.17) is 4.74 Å². The summed E-state index contributed by atoms with van der Waals surface area (Å²) in [6.45, 7) is 2.51. The van der Waals surface area contributed by atoms with Crippen LogP contribution in [0.15, 0.2) is 23.3 Å². The molecule has 0 spiro atoms. The normalized spacial score (nSPS) is 30.4. The van der Waals surface area contributed by atoms with Crippen molar-refractivity contribution < 1.29 is 14.3 Å². The number of hydrogen-bond acceptors (Lipinski definition) is 3. The number of fused-ring (bicyclic) bond motifs is 1. The minimum Gasteiger partial charge on any atom is -0.365 e. The molecular formula is C11H12O3. The Bertz CT molecular complexity index is 338. The summed E-state index contributed by atoms with van der Waals surface area (Å²) in [5, 5.41) is 0. The predicted octanol–water partition coefficient (Wildman–Crippen LogP) is 1.05. The Kier molecular flexibility index (Phi) is 2.33. The van der Waals surface area contributed by atoms with Crippen LogP contribution in [0.5, 0.6) is 0 Å². The molecule has 0 aromatic carbocycles. The fraction of sp³-hybridized carbons (Fsp3) is 0.455. The highest BCUT2D eigenvalue weighted by molar-refractivity contribution is 6.27. The molecule has 1 saturated heterocycles. The van der Waals surface area contributed by atoms with Crippen molar-refractivity contribution in [1.29, 1.82) is 0 Å². The maximum absolute atomic E-state index is 11.2. The summed E-state index contributed by atoms with van der Waals surface area (Å²) in [5.41, 5.74) is 2.36. The van der Waals surface area contributed by atoms with E-state index in [2.05, 4.69) is 0 Å². The first-order valence-corrected chi connectivity index (χ1v) is 4.69. The lowest BCUT2D eigenvalue weighted by Crippen LogP contribution is -2.28. The molecule has 2 aliphatic rings. The second kappa shape index (κ2) is 3.50. The van der Waals surface area contributed by atoms with Gasteiger partial charge < -0.3 is 4.74 Å². The van der Waals surface area contributed by atoms with Crippen molar-refractivity contribution >= 4 is 12.1 Å². The maximum atomic E-state index is 11.2. The minimum absolute atomic E-state index is 0.0951. The van der Waals surface area contributed by atoms with Crippen LogP contribution >= 0.6 is 0 Å². The van der Waals surface area contributed by atoms with E-state index in [-0.39, 0.29) is 5.92 Å². The molecule has 0 radical (unpaired) electrons. The molecule has 0 aromatic rings. The highest BCUT2D eigenvalue weighted by Gasteiger charge is 2.37. The number of Topliss-reactive ketones (excluding diaryl/α,β-unsaturated/α-hetero) is 1. The average molecular weight is 192 g/mol. The third-order valence-corrected chi connectivity index (χ3v) is 2.79. The highest BCUT2D eigenvalue weighted by atomic mass is 16.5. The Balaban J connectivity index is 2.21. The standard InChI is InChI=1S/C11H12O3/c1-7-2-3-8-6-14-11(9(8)4-7)10(13)5-12/h2-3,5,9,11H,4,6H2,1H3. The number of ether oxygens (including phenoxy) is 1. The minimum atomic E-state index is -0.539. The first kappa shape index (κ1) is 9.34. The van der Waals surface area contributed by atoms with Gasteiger partial charge in [-0.25, -0.2) is 0 Å². The lowest BCUT2D eigenvalue weighted by molar-refractivity contribution is -0.137. The maximum Gasteiger partial charge on any atom is 0.224 e. The summed E-state index contributed by atoms with van der Waals surface area (Å²) < 4.78 is 5.32. The van der Waals surface area contributed by atoms with E-state index >= 15 is 0 Å². The molecule has 1 heterocycles. The number of carbonyl (C=O) groups excluding carboxylic acids is 2. The van der Waals surface area contributed by atoms with Gasteiger partial charge in [0, 0.05) is 5.92 Å². The van der Waals surface area contributed by atoms with Gasteiger partial charge in [-0.15, -0.1) is 0 Å². The van der Waals surface area contributed by atoms with E-state index in [9.17, 15) is 9.59 Å². The van der Waals surface area contributed by atoms with Gasteiger partial charge in [-0.2, -0.15) is 0 Å². The predicted molar refractivity (Wildman–Crippen MR) is 50.8 cm³/mol. The lowest BCUT2D eigenvalue weighted by atomic mass is 9.85. The monoisotopic (exact) mass is 192 g/mol. The van der Waals surface area contributed by atoms with Gasteiger partial charge in [0.2, 0.25) is 5.78 Å². The van der Waals surface area contributed by atoms with E-state index in [1.807, 2.05) is 19.1 Å². The van der Waals surface area contributed by atoms with Crippen LogP contribution < -0.4 is 0 Å². The molecule has 1 aliphatic heterocycles. The molecule has 14 heavy (non-hydrogen) atoms. The van der Waals surface area contributed by atoms with Crippen molar-refractivity contribution in [2.24, 2.45) is 5.92 Å². The molecule has 3 nitrogen and oxygen atoms in total. The molecule has 2 unspecified atom stereocenters. The van der Waals surface area contributed by atoms with Crippen molar-refractivity contribution in [2.75, 3.05) is 6.61 Å². The summed E-state index contributed by atoms with van der Waals surface area (Å²) in [4.78, 5) is 21.6. The smallest absolute Gasteiger partial charge is 0.224 e. The molecule has 0 N–H and O–H groups in total. The number of carbonyl (C=O) groups is 2. The summed E-state index contributed by atoms with van der Waals surface area (Å²) in [6.07, 6.45) is 4.70. The Hall–Kier alpha value is -1.22. The van der Waals surface area contributed by atoms with Gasteiger partial charge in [0.25, 0.3) is 0 Å². The molecule has 0 bridgehead atoms. The van der Waals surface area contributed by atoms with Crippen molar-refractivity contribution in [3.8, 4) is 0 Å². The van der Waals surface area contributed by atoms with Crippen LogP contribution in [0.3, 0.4) is 0 Å². The zero-order valence-corrected chi connectivity index (χ0v) is 8.03. The number of allylic oxidation sites excluding steroid dienone is 3. The van der Waals surface area contributed by atoms with E-state index in [0.29, 0.717) is 12.9 Å². The molecule has 2 rings (SSSR count). The number of rotatable bonds is 2. The summed E-state index contributed by atoms with van der Waals surface area (Å²) in [5.74, 6) is -0.342. The van der Waals surface area contributed by atoms with Crippen LogP contribution in [0.1, 0.15) is 13.3 Å². The van der Waals surface area contributed by atoms with Crippen molar-refractivity contribution in [2.45, 2.75) is 19.4 Å². The van der Waals surface area contributed by atoms with E-state index in [1.165, 1.54) is 5.57 Å². The van der Waals surface area contributed by atoms with Gasteiger partial charge in [0.05, 0.1) is 6.61 Å². The summed E-state index contributed by atoms with van der Waals surface area (Å²) in [6, 6.07) is 0. The first-order chi connectivity index (χ1) is 6.72. The Labute approximate surface area is 82.4 Å². The van der Waals surface area contributed by atoms with Gasteiger partial charge >= 0.3 is 0 Å². The molecule has 0 amide bonds. The zero-order valence-electron chi connectivity index (χ0n) is 8.03. The zero-order chi connectivity index (χ0) is 10.1. The molecule has 2 atom stereocenters. The van der Waals surface area contributed by atoms with Gasteiger partial charge in [-0.05, 0) is 18.9 Å². The van der Waals surface area contributed by atoms with Gasteiger partial charge in [-0.3, -0.25) is 9.59 Å². The molecule has 1 fully saturated rings. The molecule has 74 valence electrons. The molecular weight excluding hydrogens is 180 g/mol. The van der Waals surface area contributed by atoms with Crippen molar-refractivity contribution in [3.63, 3.8) is 0 Å². The van der Waals surface area contributed by atoms with E-state index in [0.717, 1.165) is 12.0 Å². The van der Waals surface area contributed by atoms with Crippen molar-refractivity contribution in [3.05, 3.63) is 23.3 Å². The SMILES string of the molecule is CC1=CC=C2COC(C(=O)C=O)C2C1. The molecule has 3 heteroatoms. The largest absolute Gasteiger partial charge is 0.365 e. The number of hydrogen-bond donors (Lipinski definition) is 0. The quantitative estimate of drug-likeness (QED) is 0.485. The second-order valence-corrected chi connectivity index (χ2v) is 3.82.